The third kappa shape index (κ3) is 4.11. The van der Waals surface area contributed by atoms with Gasteiger partial charge in [0.25, 0.3) is 0 Å². The Hall–Kier alpha value is -2.62. The number of hydrogen-bond donors (Lipinski definition) is 0. The molecule has 7 nitrogen and oxygen atoms in total. The van der Waals surface area contributed by atoms with Crippen LogP contribution in [-0.2, 0) is 17.6 Å². The van der Waals surface area contributed by atoms with Crippen LogP contribution in [0.2, 0.25) is 0 Å². The van der Waals surface area contributed by atoms with Crippen molar-refractivity contribution in [2.24, 2.45) is 0 Å². The molecule has 10 heteroatoms. The summed E-state index contributed by atoms with van der Waals surface area (Å²) in [6.07, 6.45) is -0.890. The maximum atomic E-state index is 12.8. The molecule has 150 valence electrons. The second-order valence-electron chi connectivity index (χ2n) is 6.90. The van der Waals surface area contributed by atoms with E-state index in [0.29, 0.717) is 25.3 Å². The molecule has 0 atom stereocenters. The number of alkyl halides is 3. The third-order valence-electron chi connectivity index (χ3n) is 4.68. The largest absolute Gasteiger partial charge is 0.471 e. The molecule has 0 radical (unpaired) electrons. The summed E-state index contributed by atoms with van der Waals surface area (Å²) in [5.74, 6) is -1.51. The van der Waals surface area contributed by atoms with Crippen LogP contribution in [0, 0.1) is 0 Å². The summed E-state index contributed by atoms with van der Waals surface area (Å²) >= 11 is 0. The Morgan fingerprint density at radius 3 is 2.54 bits per heavy atom. The highest BCUT2D eigenvalue weighted by Crippen LogP contribution is 2.31. The Labute approximate surface area is 159 Å². The number of hydroxylamine groups is 2. The third-order valence-corrected chi connectivity index (χ3v) is 4.68. The van der Waals surface area contributed by atoms with Crippen LogP contribution in [0.1, 0.15) is 37.1 Å². The molecule has 2 aliphatic rings. The van der Waals surface area contributed by atoms with Crippen LogP contribution in [0.3, 0.4) is 0 Å². The zero-order valence-electron chi connectivity index (χ0n) is 15.0. The molecule has 2 aromatic rings. The fraction of sp³-hybridized carbons (Fsp3) is 0.500. The first-order valence-electron chi connectivity index (χ1n) is 9.13. The standard InChI is InChI=1S/C18H19F3N4O3/c19-18(20,21)16-22-15(23-28-16)13-5-3-12(4-6-13)11-24(14-7-8-14)17(26)25-9-1-2-10-27-25/h3-6,14H,1-2,7-11H2. The maximum absolute atomic E-state index is 12.8. The first kappa shape index (κ1) is 18.7. The number of aromatic nitrogens is 2. The highest BCUT2D eigenvalue weighted by atomic mass is 19.4. The van der Waals surface area contributed by atoms with Crippen molar-refractivity contribution in [3.63, 3.8) is 0 Å². The van der Waals surface area contributed by atoms with Crippen molar-refractivity contribution in [1.82, 2.24) is 20.1 Å². The molecule has 28 heavy (non-hydrogen) atoms. The molecule has 0 N–H and O–H groups in total. The molecule has 4 rings (SSSR count). The summed E-state index contributed by atoms with van der Waals surface area (Å²) in [6, 6.07) is 6.79. The lowest BCUT2D eigenvalue weighted by molar-refractivity contribution is -0.159. The quantitative estimate of drug-likeness (QED) is 0.785. The van der Waals surface area contributed by atoms with Gasteiger partial charge in [0.1, 0.15) is 0 Å². The average Bonchev–Trinajstić information content (AvgIpc) is 3.40. The van der Waals surface area contributed by atoms with E-state index in [9.17, 15) is 18.0 Å². The molecule has 2 fully saturated rings. The SMILES string of the molecule is O=C(N1CCCCO1)N(Cc1ccc(-c2noc(C(F)(F)F)n2)cc1)C1CC1. The minimum absolute atomic E-state index is 0.129. The first-order chi connectivity index (χ1) is 13.4. The fourth-order valence-corrected chi connectivity index (χ4v) is 3.04. The zero-order chi connectivity index (χ0) is 19.7. The van der Waals surface area contributed by atoms with Crippen molar-refractivity contribution in [2.45, 2.75) is 44.4 Å². The Bertz CT molecular complexity index is 827. The van der Waals surface area contributed by atoms with Gasteiger partial charge in [-0.15, -0.1) is 0 Å². The van der Waals surface area contributed by atoms with Gasteiger partial charge in [-0.1, -0.05) is 29.4 Å². The molecule has 0 spiro atoms. The molecule has 2 amide bonds. The minimum Gasteiger partial charge on any atom is -0.329 e. The van der Waals surface area contributed by atoms with Gasteiger partial charge in [-0.2, -0.15) is 18.2 Å². The summed E-state index contributed by atoms with van der Waals surface area (Å²) in [4.78, 5) is 23.4. The highest BCUT2D eigenvalue weighted by Gasteiger charge is 2.38. The van der Waals surface area contributed by atoms with Gasteiger partial charge in [0.05, 0.1) is 13.2 Å². The smallest absolute Gasteiger partial charge is 0.329 e. The second kappa shape index (κ2) is 7.42. The Kier molecular flexibility index (Phi) is 4.96. The van der Waals surface area contributed by atoms with E-state index in [0.717, 1.165) is 31.2 Å². The molecule has 1 aliphatic carbocycles. The fourth-order valence-electron chi connectivity index (χ4n) is 3.04. The lowest BCUT2D eigenvalue weighted by Gasteiger charge is -2.32. The number of halogens is 3. The molecule has 1 aliphatic heterocycles. The molecule has 1 aromatic heterocycles. The van der Waals surface area contributed by atoms with Crippen LogP contribution in [0.4, 0.5) is 18.0 Å². The van der Waals surface area contributed by atoms with Crippen LogP contribution in [0.25, 0.3) is 11.4 Å². The summed E-state index contributed by atoms with van der Waals surface area (Å²) in [5, 5.41) is 4.80. The van der Waals surface area contributed by atoms with Crippen molar-refractivity contribution < 1.29 is 27.3 Å². The molecule has 1 aromatic carbocycles. The van der Waals surface area contributed by atoms with Gasteiger partial charge in [-0.05, 0) is 31.2 Å². The van der Waals surface area contributed by atoms with E-state index < -0.39 is 12.1 Å². The number of nitrogens with zero attached hydrogens (tertiary/aromatic N) is 4. The topological polar surface area (TPSA) is 71.7 Å². The Morgan fingerprint density at radius 1 is 1.21 bits per heavy atom. The normalized spacial score (nSPS) is 17.6. The molecule has 2 heterocycles. The predicted octanol–water partition coefficient (Wildman–Crippen LogP) is 3.87. The first-order valence-corrected chi connectivity index (χ1v) is 9.13. The van der Waals surface area contributed by atoms with E-state index in [-0.39, 0.29) is 17.9 Å². The van der Waals surface area contributed by atoms with Crippen molar-refractivity contribution in [3.8, 4) is 11.4 Å². The number of benzene rings is 1. The van der Waals surface area contributed by atoms with Gasteiger partial charge in [0, 0.05) is 18.2 Å². The lowest BCUT2D eigenvalue weighted by Crippen LogP contribution is -2.46. The number of amides is 2. The van der Waals surface area contributed by atoms with E-state index in [1.54, 1.807) is 29.2 Å². The predicted molar refractivity (Wildman–Crippen MR) is 90.6 cm³/mol. The minimum atomic E-state index is -4.67. The number of carbonyl (C=O) groups is 1. The van der Waals surface area contributed by atoms with E-state index >= 15 is 0 Å². The van der Waals surface area contributed by atoms with Crippen molar-refractivity contribution in [2.75, 3.05) is 13.2 Å². The van der Waals surface area contributed by atoms with Gasteiger partial charge < -0.3 is 9.42 Å². The van der Waals surface area contributed by atoms with E-state index in [4.69, 9.17) is 4.84 Å². The maximum Gasteiger partial charge on any atom is 0.471 e. The van der Waals surface area contributed by atoms with Crippen LogP contribution in [0.15, 0.2) is 28.8 Å². The summed E-state index contributed by atoms with van der Waals surface area (Å²) in [6.45, 7) is 1.54. The molecule has 1 saturated carbocycles. The Morgan fingerprint density at radius 2 is 1.96 bits per heavy atom. The van der Waals surface area contributed by atoms with Gasteiger partial charge in [-0.3, -0.25) is 4.84 Å². The van der Waals surface area contributed by atoms with Crippen LogP contribution in [-0.4, -0.2) is 45.3 Å². The van der Waals surface area contributed by atoms with Gasteiger partial charge in [0.15, 0.2) is 0 Å². The van der Waals surface area contributed by atoms with E-state index in [2.05, 4.69) is 14.7 Å². The Balaban J connectivity index is 1.45. The average molecular weight is 396 g/mol. The van der Waals surface area contributed by atoms with Crippen molar-refractivity contribution in [3.05, 3.63) is 35.7 Å². The molecule has 0 bridgehead atoms. The van der Waals surface area contributed by atoms with Gasteiger partial charge in [-0.25, -0.2) is 9.86 Å². The zero-order valence-corrected chi connectivity index (χ0v) is 15.0. The van der Waals surface area contributed by atoms with Crippen molar-refractivity contribution in [1.29, 1.82) is 0 Å². The number of hydrogen-bond acceptors (Lipinski definition) is 5. The van der Waals surface area contributed by atoms with E-state index in [1.807, 2.05) is 0 Å². The van der Waals surface area contributed by atoms with Gasteiger partial charge >= 0.3 is 18.1 Å². The number of rotatable bonds is 4. The highest BCUT2D eigenvalue weighted by molar-refractivity contribution is 5.74. The van der Waals surface area contributed by atoms with Crippen LogP contribution < -0.4 is 0 Å². The van der Waals surface area contributed by atoms with Crippen LogP contribution >= 0.6 is 0 Å². The monoisotopic (exact) mass is 396 g/mol. The van der Waals surface area contributed by atoms with E-state index in [1.165, 1.54) is 5.06 Å². The summed E-state index contributed by atoms with van der Waals surface area (Å²) < 4.78 is 42.0. The van der Waals surface area contributed by atoms with Crippen molar-refractivity contribution >= 4 is 6.03 Å². The van der Waals surface area contributed by atoms with Gasteiger partial charge in [0.2, 0.25) is 5.82 Å². The molecular formula is C18H19F3N4O3. The van der Waals surface area contributed by atoms with Crippen LogP contribution in [0.5, 0.6) is 0 Å². The summed E-state index contributed by atoms with van der Waals surface area (Å²) in [7, 11) is 0. The molecule has 0 unspecified atom stereocenters. The second-order valence-corrected chi connectivity index (χ2v) is 6.90. The number of urea groups is 1. The number of carbonyl (C=O) groups excluding carboxylic acids is 1. The summed E-state index contributed by atoms with van der Waals surface area (Å²) in [5.41, 5.74) is 1.27. The molecule has 1 saturated heterocycles. The lowest BCUT2D eigenvalue weighted by atomic mass is 10.1. The molecular weight excluding hydrogens is 377 g/mol.